The maximum absolute atomic E-state index is 13.1. The molecule has 0 radical (unpaired) electrons. The number of benzene rings is 1. The molecule has 0 saturated carbocycles. The molecule has 0 aliphatic heterocycles. The van der Waals surface area contributed by atoms with Crippen molar-refractivity contribution in [3.05, 3.63) is 28.8 Å². The normalized spacial score (nSPS) is 11.5. The standard InChI is InChI=1S/C10H12ClF2NO/c1-15-9-7(3-2-4-8(9)11)5-10(12,13)6-14/h2-4H,5-6,14H2,1H3. The molecule has 0 heterocycles. The summed E-state index contributed by atoms with van der Waals surface area (Å²) in [6.07, 6.45) is -0.465. The third-order valence-corrected chi connectivity index (χ3v) is 2.30. The van der Waals surface area contributed by atoms with Gasteiger partial charge in [-0.25, -0.2) is 8.78 Å². The molecule has 0 atom stereocenters. The van der Waals surface area contributed by atoms with Gasteiger partial charge in [0.1, 0.15) is 5.75 Å². The summed E-state index contributed by atoms with van der Waals surface area (Å²) in [6.45, 7) is -0.692. The zero-order valence-corrected chi connectivity index (χ0v) is 9.02. The average Bonchev–Trinajstić information content (AvgIpc) is 2.18. The van der Waals surface area contributed by atoms with E-state index in [2.05, 4.69) is 0 Å². The van der Waals surface area contributed by atoms with Gasteiger partial charge in [0.25, 0.3) is 5.92 Å². The molecule has 5 heteroatoms. The Hall–Kier alpha value is -0.870. The fraction of sp³-hybridized carbons (Fsp3) is 0.400. The van der Waals surface area contributed by atoms with Crippen LogP contribution in [0, 0.1) is 0 Å². The fourth-order valence-electron chi connectivity index (χ4n) is 1.27. The first-order valence-corrected chi connectivity index (χ1v) is 4.77. The van der Waals surface area contributed by atoms with Crippen LogP contribution in [0.5, 0.6) is 5.75 Å². The van der Waals surface area contributed by atoms with E-state index in [0.717, 1.165) is 0 Å². The van der Waals surface area contributed by atoms with E-state index < -0.39 is 18.9 Å². The van der Waals surface area contributed by atoms with E-state index in [0.29, 0.717) is 10.6 Å². The van der Waals surface area contributed by atoms with Crippen molar-refractivity contribution in [2.45, 2.75) is 12.3 Å². The topological polar surface area (TPSA) is 35.2 Å². The second-order valence-corrected chi connectivity index (χ2v) is 3.58. The van der Waals surface area contributed by atoms with Gasteiger partial charge in [-0.1, -0.05) is 23.7 Å². The van der Waals surface area contributed by atoms with Gasteiger partial charge in [-0.15, -0.1) is 0 Å². The van der Waals surface area contributed by atoms with E-state index in [1.54, 1.807) is 18.2 Å². The van der Waals surface area contributed by atoms with E-state index in [9.17, 15) is 8.78 Å². The van der Waals surface area contributed by atoms with Crippen molar-refractivity contribution in [2.24, 2.45) is 5.73 Å². The molecule has 0 unspecified atom stereocenters. The molecule has 2 nitrogen and oxygen atoms in total. The van der Waals surface area contributed by atoms with Gasteiger partial charge in [-0.2, -0.15) is 0 Å². The van der Waals surface area contributed by atoms with Crippen molar-refractivity contribution in [3.63, 3.8) is 0 Å². The van der Waals surface area contributed by atoms with Crippen LogP contribution in [0.2, 0.25) is 5.02 Å². The summed E-state index contributed by atoms with van der Waals surface area (Å²) < 4.78 is 31.1. The number of hydrogen-bond acceptors (Lipinski definition) is 2. The fourth-order valence-corrected chi connectivity index (χ4v) is 1.54. The molecule has 84 valence electrons. The minimum Gasteiger partial charge on any atom is -0.495 e. The predicted molar refractivity (Wildman–Crippen MR) is 55.7 cm³/mol. The molecule has 15 heavy (non-hydrogen) atoms. The van der Waals surface area contributed by atoms with Crippen LogP contribution in [0.25, 0.3) is 0 Å². The second-order valence-electron chi connectivity index (χ2n) is 3.17. The van der Waals surface area contributed by atoms with Crippen LogP contribution < -0.4 is 10.5 Å². The molecule has 1 rings (SSSR count). The van der Waals surface area contributed by atoms with Gasteiger partial charge >= 0.3 is 0 Å². The summed E-state index contributed by atoms with van der Waals surface area (Å²) in [7, 11) is 1.39. The van der Waals surface area contributed by atoms with Crippen LogP contribution >= 0.6 is 11.6 Å². The Morgan fingerprint density at radius 3 is 2.67 bits per heavy atom. The monoisotopic (exact) mass is 235 g/mol. The first-order valence-electron chi connectivity index (χ1n) is 4.39. The summed E-state index contributed by atoms with van der Waals surface area (Å²) in [6, 6.07) is 4.74. The second kappa shape index (κ2) is 4.77. The molecule has 0 aliphatic rings. The number of methoxy groups -OCH3 is 1. The Morgan fingerprint density at radius 2 is 2.13 bits per heavy atom. The van der Waals surface area contributed by atoms with Gasteiger partial charge in [0.05, 0.1) is 18.7 Å². The number of hydrogen-bond donors (Lipinski definition) is 1. The number of halogens is 3. The highest BCUT2D eigenvalue weighted by Gasteiger charge is 2.28. The van der Waals surface area contributed by atoms with E-state index in [1.165, 1.54) is 7.11 Å². The summed E-state index contributed by atoms with van der Waals surface area (Å²) in [5, 5.41) is 0.322. The van der Waals surface area contributed by atoms with Crippen LogP contribution in [0.15, 0.2) is 18.2 Å². The van der Waals surface area contributed by atoms with Crippen molar-refractivity contribution < 1.29 is 13.5 Å². The third kappa shape index (κ3) is 3.04. The summed E-state index contributed by atoms with van der Waals surface area (Å²) in [4.78, 5) is 0. The first-order chi connectivity index (χ1) is 7.00. The van der Waals surface area contributed by atoms with Crippen LogP contribution in [-0.2, 0) is 6.42 Å². The molecule has 0 bridgehead atoms. The van der Waals surface area contributed by atoms with Crippen LogP contribution in [0.1, 0.15) is 5.56 Å². The number of para-hydroxylation sites is 1. The lowest BCUT2D eigenvalue weighted by atomic mass is 10.1. The molecule has 0 saturated heterocycles. The van der Waals surface area contributed by atoms with Crippen molar-refractivity contribution in [1.82, 2.24) is 0 Å². The molecule has 0 spiro atoms. The molecule has 0 aromatic heterocycles. The van der Waals surface area contributed by atoms with Crippen LogP contribution in [0.4, 0.5) is 8.78 Å². The van der Waals surface area contributed by atoms with Gasteiger partial charge in [-0.05, 0) is 6.07 Å². The predicted octanol–water partition coefficient (Wildman–Crippen LogP) is 2.49. The molecular weight excluding hydrogens is 224 g/mol. The van der Waals surface area contributed by atoms with Crippen LogP contribution in [-0.4, -0.2) is 19.6 Å². The first kappa shape index (κ1) is 12.2. The zero-order valence-electron chi connectivity index (χ0n) is 8.27. The quantitative estimate of drug-likeness (QED) is 0.870. The summed E-state index contributed by atoms with van der Waals surface area (Å²) in [5.41, 5.74) is 5.32. The smallest absolute Gasteiger partial charge is 0.264 e. The Balaban J connectivity index is 2.99. The summed E-state index contributed by atoms with van der Waals surface area (Å²) >= 11 is 5.80. The zero-order chi connectivity index (χ0) is 11.5. The number of nitrogens with two attached hydrogens (primary N) is 1. The van der Waals surface area contributed by atoms with E-state index in [4.69, 9.17) is 22.1 Å². The summed E-state index contributed by atoms with van der Waals surface area (Å²) in [5.74, 6) is -2.65. The lowest BCUT2D eigenvalue weighted by Crippen LogP contribution is -2.30. The Kier molecular flexibility index (Phi) is 3.88. The van der Waals surface area contributed by atoms with Crippen molar-refractivity contribution in [2.75, 3.05) is 13.7 Å². The van der Waals surface area contributed by atoms with Crippen molar-refractivity contribution in [1.29, 1.82) is 0 Å². The number of ether oxygens (including phenoxy) is 1. The third-order valence-electron chi connectivity index (χ3n) is 2.00. The highest BCUT2D eigenvalue weighted by molar-refractivity contribution is 6.32. The Bertz CT molecular complexity index is 344. The SMILES string of the molecule is COc1c(Cl)cccc1CC(F)(F)CN. The van der Waals surface area contributed by atoms with Crippen molar-refractivity contribution in [3.8, 4) is 5.75 Å². The van der Waals surface area contributed by atoms with Gasteiger partial charge in [-0.3, -0.25) is 0 Å². The van der Waals surface area contributed by atoms with E-state index in [1.807, 2.05) is 0 Å². The Labute approximate surface area is 92.0 Å². The largest absolute Gasteiger partial charge is 0.495 e. The lowest BCUT2D eigenvalue weighted by molar-refractivity contribution is 0.0110. The molecule has 0 fully saturated rings. The average molecular weight is 236 g/mol. The molecule has 0 amide bonds. The van der Waals surface area contributed by atoms with E-state index in [-0.39, 0.29) is 5.75 Å². The van der Waals surface area contributed by atoms with Crippen molar-refractivity contribution >= 4 is 11.6 Å². The molecule has 0 aliphatic carbocycles. The maximum atomic E-state index is 13.1. The van der Waals surface area contributed by atoms with Gasteiger partial charge in [0, 0.05) is 12.0 Å². The maximum Gasteiger partial charge on any atom is 0.264 e. The number of alkyl halides is 2. The Morgan fingerprint density at radius 1 is 1.47 bits per heavy atom. The number of rotatable bonds is 4. The van der Waals surface area contributed by atoms with Gasteiger partial charge in [0.15, 0.2) is 0 Å². The van der Waals surface area contributed by atoms with Gasteiger partial charge < -0.3 is 10.5 Å². The highest BCUT2D eigenvalue weighted by atomic mass is 35.5. The highest BCUT2D eigenvalue weighted by Crippen LogP contribution is 2.31. The minimum absolute atomic E-state index is 0.285. The van der Waals surface area contributed by atoms with Crippen LogP contribution in [0.3, 0.4) is 0 Å². The minimum atomic E-state index is -2.93. The van der Waals surface area contributed by atoms with Gasteiger partial charge in [0.2, 0.25) is 0 Å². The molecule has 1 aromatic rings. The molecule has 2 N–H and O–H groups in total. The molecule has 1 aromatic carbocycles. The lowest BCUT2D eigenvalue weighted by Gasteiger charge is -2.16. The molecular formula is C10H12ClF2NO. The van der Waals surface area contributed by atoms with E-state index >= 15 is 0 Å².